The van der Waals surface area contributed by atoms with Crippen LogP contribution in [0.4, 0.5) is 34.1 Å². The standard InChI is InChI=1S/C53H33N5O2S/c1-2-9-38(10-3-1)57(39-21-16-34(17-22-39)52-55-46-12-4-6-14-48(46)59-52)42-26-27-44-45-30-36-20-25-41(29-37(36)31-50(45)61-51(44)32-42)58(43-11-8-28-54-33-43)40-23-18-35(19-24-40)53-56-47-13-5-7-15-49(47)60-53/h1-33H. The highest BCUT2D eigenvalue weighted by Crippen LogP contribution is 2.43. The SMILES string of the molecule is c1ccc(N(c2ccc(-c3nc4ccccc4o3)cc2)c2ccc3c(c2)sc2cc4cc(N(c5ccc(-c6nc7ccccc7o6)cc5)c5cccnc5)ccc4cc23)cc1. The van der Waals surface area contributed by atoms with E-state index >= 15 is 0 Å². The summed E-state index contributed by atoms with van der Waals surface area (Å²) in [6.07, 6.45) is 3.70. The van der Waals surface area contributed by atoms with Gasteiger partial charge in [-0.2, -0.15) is 0 Å². The van der Waals surface area contributed by atoms with E-state index in [2.05, 4.69) is 148 Å². The molecule has 0 aliphatic carbocycles. The van der Waals surface area contributed by atoms with Gasteiger partial charge in [-0.25, -0.2) is 9.97 Å². The Labute approximate surface area is 354 Å². The van der Waals surface area contributed by atoms with Crippen molar-refractivity contribution in [3.63, 3.8) is 0 Å². The molecule has 8 aromatic carbocycles. The van der Waals surface area contributed by atoms with Crippen LogP contribution in [0, 0.1) is 0 Å². The molecule has 0 saturated heterocycles. The van der Waals surface area contributed by atoms with Crippen molar-refractivity contribution in [3.05, 3.63) is 200 Å². The summed E-state index contributed by atoms with van der Waals surface area (Å²) in [7, 11) is 0. The fourth-order valence-corrected chi connectivity index (χ4v) is 9.40. The molecular formula is C53H33N5O2S. The maximum atomic E-state index is 6.08. The molecule has 0 fully saturated rings. The molecule has 0 spiro atoms. The second kappa shape index (κ2) is 14.3. The van der Waals surface area contributed by atoms with Gasteiger partial charge in [0, 0.05) is 65.9 Å². The van der Waals surface area contributed by atoms with Crippen LogP contribution < -0.4 is 9.80 Å². The molecule has 0 aliphatic rings. The van der Waals surface area contributed by atoms with E-state index < -0.39 is 0 Å². The number of fused-ring (bicyclic) bond motifs is 6. The van der Waals surface area contributed by atoms with Crippen molar-refractivity contribution in [2.45, 2.75) is 0 Å². The zero-order valence-electron chi connectivity index (χ0n) is 32.5. The van der Waals surface area contributed by atoms with Gasteiger partial charge in [-0.1, -0.05) is 54.6 Å². The smallest absolute Gasteiger partial charge is 0.227 e. The Kier molecular flexibility index (Phi) is 8.21. The van der Waals surface area contributed by atoms with Crippen LogP contribution in [0.1, 0.15) is 0 Å². The maximum Gasteiger partial charge on any atom is 0.227 e. The minimum Gasteiger partial charge on any atom is -0.436 e. The highest BCUT2D eigenvalue weighted by molar-refractivity contribution is 7.26. The Morgan fingerprint density at radius 3 is 1.57 bits per heavy atom. The van der Waals surface area contributed by atoms with Crippen molar-refractivity contribution in [2.24, 2.45) is 0 Å². The molecule has 0 unspecified atom stereocenters. The highest BCUT2D eigenvalue weighted by atomic mass is 32.1. The van der Waals surface area contributed by atoms with Gasteiger partial charge in [0.25, 0.3) is 0 Å². The topological polar surface area (TPSA) is 71.4 Å². The normalized spacial score (nSPS) is 11.6. The van der Waals surface area contributed by atoms with Gasteiger partial charge in [-0.05, 0) is 144 Å². The van der Waals surface area contributed by atoms with Crippen molar-refractivity contribution >= 4 is 98.6 Å². The van der Waals surface area contributed by atoms with Gasteiger partial charge in [0.1, 0.15) is 11.0 Å². The van der Waals surface area contributed by atoms with Crippen LogP contribution in [0.5, 0.6) is 0 Å². The molecule has 4 aromatic heterocycles. The van der Waals surface area contributed by atoms with Gasteiger partial charge < -0.3 is 18.6 Å². The van der Waals surface area contributed by atoms with Crippen molar-refractivity contribution in [2.75, 3.05) is 9.80 Å². The first-order valence-corrected chi connectivity index (χ1v) is 20.9. The Hall–Kier alpha value is -8.07. The van der Waals surface area contributed by atoms with Gasteiger partial charge in [-0.3, -0.25) is 4.98 Å². The zero-order valence-corrected chi connectivity index (χ0v) is 33.3. The first-order valence-electron chi connectivity index (χ1n) is 20.1. The number of pyridine rings is 1. The van der Waals surface area contributed by atoms with Crippen LogP contribution in [0.3, 0.4) is 0 Å². The molecule has 0 atom stereocenters. The minimum absolute atomic E-state index is 0.602. The Morgan fingerprint density at radius 2 is 0.934 bits per heavy atom. The monoisotopic (exact) mass is 803 g/mol. The molecule has 0 bridgehead atoms. The van der Waals surface area contributed by atoms with Gasteiger partial charge in [0.2, 0.25) is 11.8 Å². The third-order valence-electron chi connectivity index (χ3n) is 11.2. The first-order chi connectivity index (χ1) is 30.2. The molecular weight excluding hydrogens is 771 g/mol. The van der Waals surface area contributed by atoms with Gasteiger partial charge >= 0.3 is 0 Å². The molecule has 0 N–H and O–H groups in total. The van der Waals surface area contributed by atoms with Crippen molar-refractivity contribution < 1.29 is 8.83 Å². The lowest BCUT2D eigenvalue weighted by molar-refractivity contribution is 0.619. The van der Waals surface area contributed by atoms with E-state index in [0.29, 0.717) is 11.8 Å². The average molecular weight is 804 g/mol. The molecule has 0 aliphatic heterocycles. The summed E-state index contributed by atoms with van der Waals surface area (Å²) in [5, 5.41) is 4.84. The number of para-hydroxylation sites is 5. The van der Waals surface area contributed by atoms with Crippen LogP contribution in [0.15, 0.2) is 209 Å². The lowest BCUT2D eigenvalue weighted by atomic mass is 10.0. The average Bonchev–Trinajstić information content (AvgIpc) is 4.05. The van der Waals surface area contributed by atoms with Crippen LogP contribution in [0.2, 0.25) is 0 Å². The van der Waals surface area contributed by atoms with Crippen molar-refractivity contribution in [3.8, 4) is 22.9 Å². The van der Waals surface area contributed by atoms with Gasteiger partial charge in [0.05, 0.1) is 11.9 Å². The largest absolute Gasteiger partial charge is 0.436 e. The molecule has 61 heavy (non-hydrogen) atoms. The van der Waals surface area contributed by atoms with Gasteiger partial charge in [-0.15, -0.1) is 11.3 Å². The number of aromatic nitrogens is 3. The van der Waals surface area contributed by atoms with E-state index in [0.717, 1.165) is 67.5 Å². The molecule has 288 valence electrons. The molecule has 0 amide bonds. The second-order valence-electron chi connectivity index (χ2n) is 14.9. The van der Waals surface area contributed by atoms with Crippen molar-refractivity contribution in [1.29, 1.82) is 0 Å². The van der Waals surface area contributed by atoms with Crippen molar-refractivity contribution in [1.82, 2.24) is 15.0 Å². The molecule has 7 nitrogen and oxygen atoms in total. The number of hydrogen-bond donors (Lipinski definition) is 0. The predicted molar refractivity (Wildman–Crippen MR) is 250 cm³/mol. The van der Waals surface area contributed by atoms with E-state index in [-0.39, 0.29) is 0 Å². The number of hydrogen-bond acceptors (Lipinski definition) is 8. The summed E-state index contributed by atoms with van der Waals surface area (Å²) >= 11 is 1.82. The van der Waals surface area contributed by atoms with Gasteiger partial charge in [0.15, 0.2) is 11.2 Å². The molecule has 12 rings (SSSR count). The predicted octanol–water partition coefficient (Wildman–Crippen LogP) is 15.2. The maximum absolute atomic E-state index is 6.08. The molecule has 8 heteroatoms. The van der Waals surface area contributed by atoms with E-state index in [1.54, 1.807) is 6.20 Å². The highest BCUT2D eigenvalue weighted by Gasteiger charge is 2.18. The third-order valence-corrected chi connectivity index (χ3v) is 12.3. The van der Waals surface area contributed by atoms with Crippen LogP contribution in [-0.2, 0) is 0 Å². The minimum atomic E-state index is 0.602. The quantitative estimate of drug-likeness (QED) is 0.151. The summed E-state index contributed by atoms with van der Waals surface area (Å²) in [5.74, 6) is 1.21. The lowest BCUT2D eigenvalue weighted by Gasteiger charge is -2.25. The second-order valence-corrected chi connectivity index (χ2v) is 16.0. The molecule has 0 saturated carbocycles. The van der Waals surface area contributed by atoms with E-state index in [1.807, 2.05) is 72.1 Å². The summed E-state index contributed by atoms with van der Waals surface area (Å²) in [5.41, 5.74) is 11.3. The van der Waals surface area contributed by atoms with Crippen LogP contribution >= 0.6 is 11.3 Å². The molecule has 0 radical (unpaired) electrons. The lowest BCUT2D eigenvalue weighted by Crippen LogP contribution is -2.10. The number of nitrogens with zero attached hydrogens (tertiary/aromatic N) is 5. The van der Waals surface area contributed by atoms with Crippen LogP contribution in [-0.4, -0.2) is 15.0 Å². The Morgan fingerprint density at radius 1 is 0.393 bits per heavy atom. The first kappa shape index (κ1) is 34.9. The van der Waals surface area contributed by atoms with E-state index in [1.165, 1.54) is 30.9 Å². The summed E-state index contributed by atoms with van der Waals surface area (Å²) < 4.78 is 14.6. The summed E-state index contributed by atoms with van der Waals surface area (Å²) in [6, 6.07) is 65.2. The zero-order chi connectivity index (χ0) is 40.3. The summed E-state index contributed by atoms with van der Waals surface area (Å²) in [4.78, 5) is 18.4. The number of anilines is 6. The van der Waals surface area contributed by atoms with Crippen LogP contribution in [0.25, 0.3) is 76.1 Å². The number of rotatable bonds is 8. The Balaban J connectivity index is 0.903. The van der Waals surface area contributed by atoms with E-state index in [4.69, 9.17) is 18.8 Å². The fraction of sp³-hybridized carbons (Fsp3) is 0. The summed E-state index contributed by atoms with van der Waals surface area (Å²) in [6.45, 7) is 0. The Bertz CT molecular complexity index is 3310. The van der Waals surface area contributed by atoms with E-state index in [9.17, 15) is 0 Å². The molecule has 12 aromatic rings. The fourth-order valence-electron chi connectivity index (χ4n) is 8.23. The molecule has 4 heterocycles. The number of thiophene rings is 1. The third kappa shape index (κ3) is 6.25. The number of benzene rings is 8. The number of oxazole rings is 2.